The third-order valence-corrected chi connectivity index (χ3v) is 7.86. The second-order valence-electron chi connectivity index (χ2n) is 10.1. The number of carbonyl (C=O) groups excluding carboxylic acids is 2. The Morgan fingerprint density at radius 3 is 2.65 bits per heavy atom. The highest BCUT2D eigenvalue weighted by Crippen LogP contribution is 2.46. The summed E-state index contributed by atoms with van der Waals surface area (Å²) in [6.07, 6.45) is 3.73. The minimum atomic E-state index is -0.267. The Hall–Kier alpha value is -4.36. The predicted molar refractivity (Wildman–Crippen MR) is 156 cm³/mol. The highest BCUT2D eigenvalue weighted by atomic mass is 35.5. The fourth-order valence-corrected chi connectivity index (χ4v) is 5.84. The average molecular weight is 554 g/mol. The second kappa shape index (κ2) is 10.3. The van der Waals surface area contributed by atoms with Crippen LogP contribution < -0.4 is 9.64 Å². The fourth-order valence-electron chi connectivity index (χ4n) is 5.59. The number of rotatable bonds is 7. The van der Waals surface area contributed by atoms with E-state index >= 15 is 0 Å². The lowest BCUT2D eigenvalue weighted by atomic mass is 9.92. The number of amides is 1. The van der Waals surface area contributed by atoms with Crippen molar-refractivity contribution in [2.45, 2.75) is 26.2 Å². The van der Waals surface area contributed by atoms with Gasteiger partial charge in [0.1, 0.15) is 22.8 Å². The molecule has 0 saturated carbocycles. The summed E-state index contributed by atoms with van der Waals surface area (Å²) in [6, 6.07) is 18.2. The summed E-state index contributed by atoms with van der Waals surface area (Å²) < 4.78 is 7.23. The zero-order valence-corrected chi connectivity index (χ0v) is 23.0. The molecule has 1 atom stereocenters. The summed E-state index contributed by atoms with van der Waals surface area (Å²) in [5.41, 5.74) is 4.96. The molecule has 0 bridgehead atoms. The molecule has 3 aromatic carbocycles. The molecule has 7 nitrogen and oxygen atoms in total. The molecule has 0 radical (unpaired) electrons. The molecule has 202 valence electrons. The number of fused-ring (bicyclic) bond motifs is 4. The SMILES string of the molecule is CCOc1ccc(C(=O)Cc2ccc3nc(C(=O)N4C[C@@H](CCl)c5c4cc(O)c4cccc(C)c54)cn3c2)cc1. The normalized spacial score (nSPS) is 14.6. The molecule has 1 amide bonds. The molecule has 2 aromatic heterocycles. The van der Waals surface area contributed by atoms with E-state index in [4.69, 9.17) is 16.3 Å². The number of pyridine rings is 1. The van der Waals surface area contributed by atoms with Crippen LogP contribution >= 0.6 is 11.6 Å². The maximum absolute atomic E-state index is 13.8. The van der Waals surface area contributed by atoms with Crippen molar-refractivity contribution in [3.05, 3.63) is 101 Å². The van der Waals surface area contributed by atoms with E-state index in [1.807, 2.05) is 44.3 Å². The van der Waals surface area contributed by atoms with Gasteiger partial charge in [-0.2, -0.15) is 0 Å². The van der Waals surface area contributed by atoms with Crippen LogP contribution in [0, 0.1) is 6.92 Å². The van der Waals surface area contributed by atoms with Gasteiger partial charge in [-0.3, -0.25) is 9.59 Å². The summed E-state index contributed by atoms with van der Waals surface area (Å²) in [5, 5.41) is 12.5. The van der Waals surface area contributed by atoms with Crippen molar-refractivity contribution < 1.29 is 19.4 Å². The van der Waals surface area contributed by atoms with Gasteiger partial charge in [-0.1, -0.05) is 24.3 Å². The van der Waals surface area contributed by atoms with Crippen LogP contribution in [0.1, 0.15) is 50.4 Å². The van der Waals surface area contributed by atoms with E-state index in [1.54, 1.807) is 51.9 Å². The van der Waals surface area contributed by atoms with Crippen LogP contribution in [0.3, 0.4) is 0 Å². The van der Waals surface area contributed by atoms with Crippen molar-refractivity contribution in [3.8, 4) is 11.5 Å². The van der Waals surface area contributed by atoms with Crippen molar-refractivity contribution >= 4 is 45.4 Å². The van der Waals surface area contributed by atoms with Crippen LogP contribution in [0.5, 0.6) is 11.5 Å². The van der Waals surface area contributed by atoms with Crippen LogP contribution in [0.2, 0.25) is 0 Å². The number of aromatic hydroxyl groups is 1. The topological polar surface area (TPSA) is 84.1 Å². The molecule has 8 heteroatoms. The van der Waals surface area contributed by atoms with Crippen molar-refractivity contribution in [3.63, 3.8) is 0 Å². The van der Waals surface area contributed by atoms with Crippen molar-refractivity contribution in [1.29, 1.82) is 0 Å². The fraction of sp³-hybridized carbons (Fsp3) is 0.219. The van der Waals surface area contributed by atoms with Crippen LogP contribution in [0.4, 0.5) is 5.69 Å². The molecule has 0 spiro atoms. The van der Waals surface area contributed by atoms with E-state index in [-0.39, 0.29) is 35.5 Å². The van der Waals surface area contributed by atoms with Gasteiger partial charge >= 0.3 is 0 Å². The van der Waals surface area contributed by atoms with Crippen LogP contribution in [-0.4, -0.2) is 45.2 Å². The number of alkyl halides is 1. The molecule has 1 aliphatic rings. The molecule has 0 aliphatic carbocycles. The van der Waals surface area contributed by atoms with Gasteiger partial charge in [0, 0.05) is 54.2 Å². The monoisotopic (exact) mass is 553 g/mol. The lowest BCUT2D eigenvalue weighted by Crippen LogP contribution is -2.30. The lowest BCUT2D eigenvalue weighted by Gasteiger charge is -2.17. The summed E-state index contributed by atoms with van der Waals surface area (Å²) in [6.45, 7) is 4.89. The van der Waals surface area contributed by atoms with E-state index in [9.17, 15) is 14.7 Å². The number of phenols is 1. The van der Waals surface area contributed by atoms with Gasteiger partial charge in [0.05, 0.1) is 12.3 Å². The quantitative estimate of drug-likeness (QED) is 0.189. The first kappa shape index (κ1) is 25.9. The Labute approximate surface area is 236 Å². The number of benzene rings is 3. The Bertz CT molecular complexity index is 1780. The minimum absolute atomic E-state index is 0.0121. The van der Waals surface area contributed by atoms with Crippen molar-refractivity contribution in [2.75, 3.05) is 23.9 Å². The smallest absolute Gasteiger partial charge is 0.278 e. The lowest BCUT2D eigenvalue weighted by molar-refractivity contribution is 0.0979. The Morgan fingerprint density at radius 2 is 1.90 bits per heavy atom. The van der Waals surface area contributed by atoms with Gasteiger partial charge in [-0.05, 0) is 66.3 Å². The van der Waals surface area contributed by atoms with Gasteiger partial charge in [-0.15, -0.1) is 11.6 Å². The Morgan fingerprint density at radius 1 is 1.10 bits per heavy atom. The number of aryl methyl sites for hydroxylation is 1. The number of hydrogen-bond donors (Lipinski definition) is 1. The van der Waals surface area contributed by atoms with Gasteiger partial charge in [0.2, 0.25) is 0 Å². The molecule has 5 aromatic rings. The number of ketones is 1. The molecule has 0 saturated heterocycles. The molecule has 0 unspecified atom stereocenters. The number of ether oxygens (including phenoxy) is 1. The number of phenolic OH excluding ortho intramolecular Hbond substituents is 1. The number of Topliss-reactive ketones (excluding diaryl/α,β-unsaturated/α-hetero) is 1. The zero-order chi connectivity index (χ0) is 28.0. The van der Waals surface area contributed by atoms with Gasteiger partial charge < -0.3 is 19.1 Å². The molecular weight excluding hydrogens is 526 g/mol. The maximum atomic E-state index is 13.8. The third-order valence-electron chi connectivity index (χ3n) is 7.48. The van der Waals surface area contributed by atoms with Crippen LogP contribution in [-0.2, 0) is 6.42 Å². The molecule has 1 aliphatic heterocycles. The standard InChI is InChI=1S/C32H28ClN3O4/c1-3-40-23-10-8-21(9-11-23)27(37)13-20-7-12-29-34-25(18-35(29)16-20)32(39)36-17-22(15-33)31-26(36)14-28(38)24-6-4-5-19(2)30(24)31/h4-12,14,16,18,22,38H,3,13,15,17H2,1-2H3/t22-/m1/s1. The van der Waals surface area contributed by atoms with Crippen molar-refractivity contribution in [2.24, 2.45) is 0 Å². The van der Waals surface area contributed by atoms with Crippen LogP contribution in [0.15, 0.2) is 73.1 Å². The number of halogens is 1. The number of nitrogens with zero attached hydrogens (tertiary/aromatic N) is 3. The average Bonchev–Trinajstić information content (AvgIpc) is 3.54. The first-order valence-corrected chi connectivity index (χ1v) is 13.8. The Balaban J connectivity index is 1.28. The van der Waals surface area contributed by atoms with E-state index in [1.165, 1.54) is 0 Å². The van der Waals surface area contributed by atoms with E-state index < -0.39 is 0 Å². The molecule has 3 heterocycles. The van der Waals surface area contributed by atoms with E-state index in [2.05, 4.69) is 4.98 Å². The van der Waals surface area contributed by atoms with Gasteiger partial charge in [0.25, 0.3) is 5.91 Å². The molecule has 40 heavy (non-hydrogen) atoms. The third kappa shape index (κ3) is 4.46. The highest BCUT2D eigenvalue weighted by molar-refractivity contribution is 6.19. The number of hydrogen-bond acceptors (Lipinski definition) is 5. The van der Waals surface area contributed by atoms with Crippen molar-refractivity contribution in [1.82, 2.24) is 9.38 Å². The molecular formula is C32H28ClN3O4. The molecule has 1 N–H and O–H groups in total. The zero-order valence-electron chi connectivity index (χ0n) is 22.2. The first-order valence-electron chi connectivity index (χ1n) is 13.2. The molecule has 0 fully saturated rings. The van der Waals surface area contributed by atoms with E-state index in [0.29, 0.717) is 35.9 Å². The van der Waals surface area contributed by atoms with Gasteiger partial charge in [-0.25, -0.2) is 4.98 Å². The summed E-state index contributed by atoms with van der Waals surface area (Å²) in [5.74, 6) is 0.859. The predicted octanol–water partition coefficient (Wildman–Crippen LogP) is 6.31. The largest absolute Gasteiger partial charge is 0.507 e. The number of imidazole rings is 1. The number of anilines is 1. The number of aromatic nitrogens is 2. The minimum Gasteiger partial charge on any atom is -0.507 e. The summed E-state index contributed by atoms with van der Waals surface area (Å²) >= 11 is 6.38. The van der Waals surface area contributed by atoms with E-state index in [0.717, 1.165) is 33.2 Å². The maximum Gasteiger partial charge on any atom is 0.278 e. The summed E-state index contributed by atoms with van der Waals surface area (Å²) in [7, 11) is 0. The summed E-state index contributed by atoms with van der Waals surface area (Å²) in [4.78, 5) is 32.9. The first-order chi connectivity index (χ1) is 19.4. The Kier molecular flexibility index (Phi) is 6.68. The number of carbonyl (C=O) groups is 2. The molecule has 6 rings (SSSR count). The van der Waals surface area contributed by atoms with Crippen LogP contribution in [0.25, 0.3) is 16.4 Å². The second-order valence-corrected chi connectivity index (χ2v) is 10.4. The van der Waals surface area contributed by atoms with Gasteiger partial charge in [0.15, 0.2) is 5.78 Å². The highest BCUT2D eigenvalue weighted by Gasteiger charge is 2.36.